The number of benzene rings is 1. The molecule has 2 N–H and O–H groups in total. The second-order valence-electron chi connectivity index (χ2n) is 5.55. The Morgan fingerprint density at radius 3 is 2.42 bits per heavy atom. The maximum atomic E-state index is 12.2. The summed E-state index contributed by atoms with van der Waals surface area (Å²) in [6, 6.07) is 7.21. The van der Waals surface area contributed by atoms with E-state index < -0.39 is 21.8 Å². The van der Waals surface area contributed by atoms with Gasteiger partial charge in [0.1, 0.15) is 5.69 Å². The first kappa shape index (κ1) is 20.1. The van der Waals surface area contributed by atoms with Gasteiger partial charge in [0.2, 0.25) is 10.0 Å². The topological polar surface area (TPSA) is 101 Å². The highest BCUT2D eigenvalue weighted by Gasteiger charge is 2.19. The minimum atomic E-state index is -3.66. The zero-order valence-electron chi connectivity index (χ0n) is 14.5. The van der Waals surface area contributed by atoms with E-state index in [1.807, 2.05) is 6.92 Å². The molecule has 0 aliphatic rings. The van der Waals surface area contributed by atoms with Crippen LogP contribution >= 0.6 is 15.9 Å². The summed E-state index contributed by atoms with van der Waals surface area (Å²) in [5, 5.41) is 0. The van der Waals surface area contributed by atoms with Gasteiger partial charge in [0.15, 0.2) is 0 Å². The summed E-state index contributed by atoms with van der Waals surface area (Å²) in [5.74, 6) is -1.11. The molecule has 0 aliphatic carbocycles. The van der Waals surface area contributed by atoms with Crippen LogP contribution in [0, 0.1) is 0 Å². The maximum Gasteiger partial charge on any atom is 0.286 e. The third-order valence-corrected chi connectivity index (χ3v) is 5.85. The second-order valence-corrected chi connectivity index (χ2v) is 8.62. The molecule has 1 aromatic carbocycles. The van der Waals surface area contributed by atoms with Gasteiger partial charge in [-0.2, -0.15) is 0 Å². The van der Waals surface area contributed by atoms with Crippen molar-refractivity contribution in [2.45, 2.75) is 18.4 Å². The van der Waals surface area contributed by atoms with Crippen LogP contribution in [-0.2, 0) is 16.6 Å². The van der Waals surface area contributed by atoms with Crippen LogP contribution in [0.5, 0.6) is 0 Å². The van der Waals surface area contributed by atoms with Crippen molar-refractivity contribution >= 4 is 37.8 Å². The molecule has 2 rings (SSSR count). The van der Waals surface area contributed by atoms with Gasteiger partial charge in [-0.25, -0.2) is 12.7 Å². The molecule has 8 nitrogen and oxygen atoms in total. The predicted molar refractivity (Wildman–Crippen MR) is 100 cm³/mol. The Labute approximate surface area is 160 Å². The third-order valence-electron chi connectivity index (χ3n) is 3.60. The molecule has 0 bridgehead atoms. The summed E-state index contributed by atoms with van der Waals surface area (Å²) in [4.78, 5) is 24.4. The Morgan fingerprint density at radius 2 is 1.81 bits per heavy atom. The van der Waals surface area contributed by atoms with Gasteiger partial charge >= 0.3 is 0 Å². The molecule has 2 amide bonds. The van der Waals surface area contributed by atoms with Crippen LogP contribution in [0.4, 0.5) is 0 Å². The molecule has 10 heteroatoms. The van der Waals surface area contributed by atoms with E-state index in [4.69, 9.17) is 0 Å². The SMILES string of the molecule is CCn1cc(Br)cc1C(=O)NNC(=O)c1cccc(S(=O)(=O)N(C)C)c1. The standard InChI is InChI=1S/C16H19BrN4O4S/c1-4-21-10-12(17)9-14(21)16(23)19-18-15(22)11-6-5-7-13(8-11)26(24,25)20(2)3/h5-10H,4H2,1-3H3,(H,18,22)(H,19,23). The molecule has 0 aliphatic heterocycles. The van der Waals surface area contributed by atoms with Gasteiger partial charge in [0.05, 0.1) is 4.90 Å². The summed E-state index contributed by atoms with van der Waals surface area (Å²) in [5.41, 5.74) is 5.11. The van der Waals surface area contributed by atoms with Crippen molar-refractivity contribution in [1.82, 2.24) is 19.7 Å². The minimum Gasteiger partial charge on any atom is -0.343 e. The number of amides is 2. The Balaban J connectivity index is 2.12. The van der Waals surface area contributed by atoms with Gasteiger partial charge < -0.3 is 4.57 Å². The molecule has 0 unspecified atom stereocenters. The molecule has 0 radical (unpaired) electrons. The van der Waals surface area contributed by atoms with Crippen LogP contribution in [0.2, 0.25) is 0 Å². The van der Waals surface area contributed by atoms with Crippen molar-refractivity contribution in [1.29, 1.82) is 0 Å². The highest BCUT2D eigenvalue weighted by atomic mass is 79.9. The summed E-state index contributed by atoms with van der Waals surface area (Å²) < 4.78 is 27.8. The number of hydrazine groups is 1. The lowest BCUT2D eigenvalue weighted by Crippen LogP contribution is -2.42. The monoisotopic (exact) mass is 442 g/mol. The van der Waals surface area contributed by atoms with E-state index in [1.165, 1.54) is 38.4 Å². The van der Waals surface area contributed by atoms with Gasteiger partial charge in [-0.1, -0.05) is 6.07 Å². The average Bonchev–Trinajstić information content (AvgIpc) is 3.00. The lowest BCUT2D eigenvalue weighted by Gasteiger charge is -2.13. The molecule has 2 aromatic rings. The number of nitrogens with one attached hydrogen (secondary N) is 2. The first-order valence-corrected chi connectivity index (χ1v) is 9.89. The zero-order chi connectivity index (χ0) is 19.5. The lowest BCUT2D eigenvalue weighted by atomic mass is 10.2. The number of aryl methyl sites for hydroxylation is 1. The summed E-state index contributed by atoms with van der Waals surface area (Å²) in [6.45, 7) is 2.48. The minimum absolute atomic E-state index is 0.00901. The first-order valence-electron chi connectivity index (χ1n) is 7.65. The normalized spacial score (nSPS) is 11.4. The predicted octanol–water partition coefficient (Wildman–Crippen LogP) is 1.60. The van der Waals surface area contributed by atoms with E-state index >= 15 is 0 Å². The van der Waals surface area contributed by atoms with Crippen molar-refractivity contribution in [3.05, 3.63) is 52.3 Å². The number of rotatable bonds is 5. The van der Waals surface area contributed by atoms with Crippen molar-refractivity contribution in [2.24, 2.45) is 0 Å². The molecule has 140 valence electrons. The number of sulfonamides is 1. The molecule has 0 saturated carbocycles. The van der Waals surface area contributed by atoms with Gasteiger partial charge in [0.25, 0.3) is 11.8 Å². The molecule has 1 aromatic heterocycles. The number of hydrogen-bond donors (Lipinski definition) is 2. The van der Waals surface area contributed by atoms with Crippen molar-refractivity contribution < 1.29 is 18.0 Å². The summed E-state index contributed by atoms with van der Waals surface area (Å²) in [6.07, 6.45) is 1.76. The quantitative estimate of drug-likeness (QED) is 0.686. The smallest absolute Gasteiger partial charge is 0.286 e. The number of halogens is 1. The van der Waals surface area contributed by atoms with Crippen LogP contribution in [-0.4, -0.2) is 43.2 Å². The van der Waals surface area contributed by atoms with Gasteiger partial charge in [-0.05, 0) is 47.1 Å². The Hall–Kier alpha value is -2.17. The Bertz CT molecular complexity index is 937. The van der Waals surface area contributed by atoms with Crippen molar-refractivity contribution in [3.63, 3.8) is 0 Å². The van der Waals surface area contributed by atoms with E-state index in [-0.39, 0.29) is 10.5 Å². The third kappa shape index (κ3) is 4.32. The molecule has 0 atom stereocenters. The van der Waals surface area contributed by atoms with E-state index in [9.17, 15) is 18.0 Å². The second kappa shape index (κ2) is 8.02. The molecule has 0 spiro atoms. The number of carbonyl (C=O) groups excluding carboxylic acids is 2. The van der Waals surface area contributed by atoms with Crippen molar-refractivity contribution in [2.75, 3.05) is 14.1 Å². The molecular weight excluding hydrogens is 424 g/mol. The van der Waals surface area contributed by atoms with E-state index in [0.717, 1.165) is 8.78 Å². The summed E-state index contributed by atoms with van der Waals surface area (Å²) >= 11 is 3.30. The summed E-state index contributed by atoms with van der Waals surface area (Å²) in [7, 11) is -0.844. The van der Waals surface area contributed by atoms with Crippen LogP contribution in [0.3, 0.4) is 0 Å². The number of carbonyl (C=O) groups is 2. The number of aromatic nitrogens is 1. The van der Waals surface area contributed by atoms with Crippen molar-refractivity contribution in [3.8, 4) is 0 Å². The molecule has 1 heterocycles. The molecule has 26 heavy (non-hydrogen) atoms. The van der Waals surface area contributed by atoms with Crippen LogP contribution in [0.25, 0.3) is 0 Å². The first-order chi connectivity index (χ1) is 12.2. The highest BCUT2D eigenvalue weighted by molar-refractivity contribution is 9.10. The van der Waals surface area contributed by atoms with E-state index in [1.54, 1.807) is 16.8 Å². The fraction of sp³-hybridized carbons (Fsp3) is 0.250. The van der Waals surface area contributed by atoms with Gasteiger partial charge in [0, 0.05) is 36.9 Å². The maximum absolute atomic E-state index is 12.2. The molecule has 0 saturated heterocycles. The zero-order valence-corrected chi connectivity index (χ0v) is 16.9. The molecular formula is C16H19BrN4O4S. The Morgan fingerprint density at radius 1 is 1.15 bits per heavy atom. The van der Waals surface area contributed by atoms with Crippen LogP contribution < -0.4 is 10.9 Å². The molecule has 0 fully saturated rings. The van der Waals surface area contributed by atoms with E-state index in [0.29, 0.717) is 12.2 Å². The van der Waals surface area contributed by atoms with Gasteiger partial charge in [-0.3, -0.25) is 20.4 Å². The highest BCUT2D eigenvalue weighted by Crippen LogP contribution is 2.16. The van der Waals surface area contributed by atoms with Crippen LogP contribution in [0.15, 0.2) is 45.9 Å². The lowest BCUT2D eigenvalue weighted by molar-refractivity contribution is 0.0841. The fourth-order valence-corrected chi connectivity index (χ4v) is 3.60. The average molecular weight is 443 g/mol. The Kier molecular flexibility index (Phi) is 6.21. The number of hydrogen-bond acceptors (Lipinski definition) is 4. The van der Waals surface area contributed by atoms with Gasteiger partial charge in [-0.15, -0.1) is 0 Å². The largest absolute Gasteiger partial charge is 0.343 e. The fourth-order valence-electron chi connectivity index (χ4n) is 2.19. The van der Waals surface area contributed by atoms with E-state index in [2.05, 4.69) is 26.8 Å². The van der Waals surface area contributed by atoms with Crippen LogP contribution in [0.1, 0.15) is 27.8 Å². The number of nitrogens with zero attached hydrogens (tertiary/aromatic N) is 2.